The van der Waals surface area contributed by atoms with E-state index in [1.807, 2.05) is 22.6 Å². The summed E-state index contributed by atoms with van der Waals surface area (Å²) in [6, 6.07) is 1.78. The lowest BCUT2D eigenvalue weighted by molar-refractivity contribution is 0.0716. The Morgan fingerprint density at radius 2 is 2.31 bits per heavy atom. The summed E-state index contributed by atoms with van der Waals surface area (Å²) in [6.45, 7) is 4.37. The first-order chi connectivity index (χ1) is 6.24. The zero-order valence-electron chi connectivity index (χ0n) is 7.66. The van der Waals surface area contributed by atoms with Crippen LogP contribution in [0.2, 0.25) is 0 Å². The number of carbonyl (C=O) groups excluding carboxylic acids is 1. The van der Waals surface area contributed by atoms with Crippen LogP contribution in [0.1, 0.15) is 17.4 Å². The molecule has 1 aromatic heterocycles. The second-order valence-corrected chi connectivity index (χ2v) is 3.20. The molecule has 13 heavy (non-hydrogen) atoms. The number of nitrogens with zero attached hydrogens (tertiary/aromatic N) is 2. The van der Waals surface area contributed by atoms with Crippen LogP contribution in [0.3, 0.4) is 0 Å². The van der Waals surface area contributed by atoms with E-state index >= 15 is 0 Å². The van der Waals surface area contributed by atoms with Gasteiger partial charge in [-0.3, -0.25) is 4.79 Å². The highest BCUT2D eigenvalue weighted by Crippen LogP contribution is 2.19. The van der Waals surface area contributed by atoms with Crippen molar-refractivity contribution in [2.24, 2.45) is 0 Å². The first-order valence-electron chi connectivity index (χ1n) is 4.48. The molecule has 70 valence electrons. The number of likely N-dealkylation sites (N-methyl/N-ethyl adjacent to an activating group) is 1. The molecular formula is C9H13N3O. The minimum atomic E-state index is 0.0521. The lowest BCUT2D eigenvalue weighted by Crippen LogP contribution is -2.39. The van der Waals surface area contributed by atoms with Gasteiger partial charge in [-0.25, -0.2) is 0 Å². The second kappa shape index (κ2) is 2.80. The topological polar surface area (TPSA) is 51.3 Å². The first-order valence-corrected chi connectivity index (χ1v) is 4.48. The van der Waals surface area contributed by atoms with E-state index in [1.165, 1.54) is 0 Å². The zero-order chi connectivity index (χ0) is 9.42. The van der Waals surface area contributed by atoms with Crippen molar-refractivity contribution in [3.63, 3.8) is 0 Å². The molecule has 1 aliphatic rings. The molecule has 0 saturated carbocycles. The van der Waals surface area contributed by atoms with Gasteiger partial charge >= 0.3 is 0 Å². The fraction of sp³-hybridized carbons (Fsp3) is 0.444. The second-order valence-electron chi connectivity index (χ2n) is 3.20. The highest BCUT2D eigenvalue weighted by molar-refractivity contribution is 5.98. The molecule has 0 radical (unpaired) electrons. The van der Waals surface area contributed by atoms with E-state index in [-0.39, 0.29) is 5.91 Å². The maximum Gasteiger partial charge on any atom is 0.272 e. The molecule has 2 N–H and O–H groups in total. The Morgan fingerprint density at radius 1 is 1.54 bits per heavy atom. The van der Waals surface area contributed by atoms with E-state index in [1.54, 1.807) is 6.07 Å². The van der Waals surface area contributed by atoms with E-state index in [0.717, 1.165) is 19.6 Å². The molecular weight excluding hydrogens is 166 g/mol. The summed E-state index contributed by atoms with van der Waals surface area (Å²) in [5, 5.41) is 0. The van der Waals surface area contributed by atoms with Gasteiger partial charge in [-0.15, -0.1) is 0 Å². The standard InChI is InChI=1S/C9H13N3O/c1-2-11-5-6-12-4-3-7(10)8(12)9(11)13/h3-4H,2,5-6,10H2,1H3. The number of carbonyl (C=O) groups is 1. The van der Waals surface area contributed by atoms with Crippen molar-refractivity contribution in [2.75, 3.05) is 18.8 Å². The number of anilines is 1. The number of fused-ring (bicyclic) bond motifs is 1. The van der Waals surface area contributed by atoms with Gasteiger partial charge in [-0.05, 0) is 13.0 Å². The van der Waals surface area contributed by atoms with Gasteiger partial charge in [0.1, 0.15) is 5.69 Å². The Kier molecular flexibility index (Phi) is 1.76. The summed E-state index contributed by atoms with van der Waals surface area (Å²) >= 11 is 0. The van der Waals surface area contributed by atoms with Gasteiger partial charge < -0.3 is 15.2 Å². The van der Waals surface area contributed by atoms with Crippen molar-refractivity contribution in [2.45, 2.75) is 13.5 Å². The van der Waals surface area contributed by atoms with E-state index in [4.69, 9.17) is 5.73 Å². The number of hydrogen-bond acceptors (Lipinski definition) is 2. The summed E-state index contributed by atoms with van der Waals surface area (Å²) in [6.07, 6.45) is 1.87. The van der Waals surface area contributed by atoms with Crippen LogP contribution in [0.15, 0.2) is 12.3 Å². The van der Waals surface area contributed by atoms with Crippen LogP contribution in [-0.2, 0) is 6.54 Å². The molecule has 0 unspecified atom stereocenters. The minimum Gasteiger partial charge on any atom is -0.397 e. The molecule has 4 heteroatoms. The maximum atomic E-state index is 11.8. The van der Waals surface area contributed by atoms with Crippen LogP contribution in [0.4, 0.5) is 5.69 Å². The summed E-state index contributed by atoms with van der Waals surface area (Å²) in [7, 11) is 0. The highest BCUT2D eigenvalue weighted by atomic mass is 16.2. The summed E-state index contributed by atoms with van der Waals surface area (Å²) in [5.41, 5.74) is 6.93. The van der Waals surface area contributed by atoms with Crippen LogP contribution in [0, 0.1) is 0 Å². The number of nitrogens with two attached hydrogens (primary N) is 1. The van der Waals surface area contributed by atoms with Crippen molar-refractivity contribution >= 4 is 11.6 Å². The van der Waals surface area contributed by atoms with Gasteiger partial charge in [-0.2, -0.15) is 0 Å². The average Bonchev–Trinajstić information content (AvgIpc) is 2.49. The molecule has 0 saturated heterocycles. The monoisotopic (exact) mass is 179 g/mol. The van der Waals surface area contributed by atoms with Gasteiger partial charge in [-0.1, -0.05) is 0 Å². The summed E-state index contributed by atoms with van der Waals surface area (Å²) in [4.78, 5) is 13.6. The van der Waals surface area contributed by atoms with Crippen LogP contribution in [0.5, 0.6) is 0 Å². The van der Waals surface area contributed by atoms with Gasteiger partial charge in [0.25, 0.3) is 5.91 Å². The minimum absolute atomic E-state index is 0.0521. The third-order valence-electron chi connectivity index (χ3n) is 2.48. The van der Waals surface area contributed by atoms with E-state index in [0.29, 0.717) is 11.4 Å². The average molecular weight is 179 g/mol. The Balaban J connectivity index is 2.43. The predicted molar refractivity (Wildman–Crippen MR) is 50.4 cm³/mol. The largest absolute Gasteiger partial charge is 0.397 e. The van der Waals surface area contributed by atoms with Gasteiger partial charge in [0.2, 0.25) is 0 Å². The van der Waals surface area contributed by atoms with Crippen molar-refractivity contribution in [3.05, 3.63) is 18.0 Å². The quantitative estimate of drug-likeness (QED) is 0.684. The summed E-state index contributed by atoms with van der Waals surface area (Å²) in [5.74, 6) is 0.0521. The van der Waals surface area contributed by atoms with Gasteiger partial charge in [0.05, 0.1) is 5.69 Å². The fourth-order valence-electron chi connectivity index (χ4n) is 1.70. The van der Waals surface area contributed by atoms with Crippen LogP contribution in [0.25, 0.3) is 0 Å². The third-order valence-corrected chi connectivity index (χ3v) is 2.48. The van der Waals surface area contributed by atoms with Crippen LogP contribution in [-0.4, -0.2) is 28.5 Å². The molecule has 1 aliphatic heterocycles. The van der Waals surface area contributed by atoms with Crippen molar-refractivity contribution in [3.8, 4) is 0 Å². The van der Waals surface area contributed by atoms with Crippen LogP contribution < -0.4 is 5.73 Å². The van der Waals surface area contributed by atoms with Crippen molar-refractivity contribution < 1.29 is 4.79 Å². The normalized spacial score (nSPS) is 16.1. The molecule has 0 aromatic carbocycles. The van der Waals surface area contributed by atoms with Gasteiger partial charge in [0, 0.05) is 25.8 Å². The SMILES string of the molecule is CCN1CCn2ccc(N)c2C1=O. The molecule has 4 nitrogen and oxygen atoms in total. The Labute approximate surface area is 76.9 Å². The van der Waals surface area contributed by atoms with Gasteiger partial charge in [0.15, 0.2) is 0 Å². The number of hydrogen-bond donors (Lipinski definition) is 1. The Bertz CT molecular complexity index is 343. The molecule has 0 fully saturated rings. The number of nitrogen functional groups attached to an aromatic ring is 1. The molecule has 1 amide bonds. The third kappa shape index (κ3) is 1.09. The first kappa shape index (κ1) is 8.16. The fourth-order valence-corrected chi connectivity index (χ4v) is 1.70. The molecule has 2 rings (SSSR count). The molecule has 1 aromatic rings. The van der Waals surface area contributed by atoms with E-state index in [9.17, 15) is 4.79 Å². The molecule has 0 aliphatic carbocycles. The molecule has 0 atom stereocenters. The van der Waals surface area contributed by atoms with E-state index in [2.05, 4.69) is 0 Å². The number of rotatable bonds is 1. The van der Waals surface area contributed by atoms with Crippen molar-refractivity contribution in [1.29, 1.82) is 0 Å². The zero-order valence-corrected chi connectivity index (χ0v) is 7.66. The Morgan fingerprint density at radius 3 is 3.00 bits per heavy atom. The summed E-state index contributed by atoms with van der Waals surface area (Å²) < 4.78 is 1.92. The highest BCUT2D eigenvalue weighted by Gasteiger charge is 2.24. The lowest BCUT2D eigenvalue weighted by Gasteiger charge is -2.27. The smallest absolute Gasteiger partial charge is 0.272 e. The van der Waals surface area contributed by atoms with Crippen LogP contribution >= 0.6 is 0 Å². The van der Waals surface area contributed by atoms with Crippen molar-refractivity contribution in [1.82, 2.24) is 9.47 Å². The molecule has 2 heterocycles. The molecule has 0 spiro atoms. The number of aromatic nitrogens is 1. The Hall–Kier alpha value is -1.45. The predicted octanol–water partition coefficient (Wildman–Crippen LogP) is 0.546. The lowest BCUT2D eigenvalue weighted by atomic mass is 10.2. The number of amides is 1. The maximum absolute atomic E-state index is 11.8. The molecule has 0 bridgehead atoms. The van der Waals surface area contributed by atoms with E-state index < -0.39 is 0 Å².